The molecule has 0 heterocycles. The van der Waals surface area contributed by atoms with Crippen LogP contribution in [0.3, 0.4) is 0 Å². The summed E-state index contributed by atoms with van der Waals surface area (Å²) in [5, 5.41) is 9.44. The first-order valence-electron chi connectivity index (χ1n) is 4.61. The van der Waals surface area contributed by atoms with Gasteiger partial charge in [-0.1, -0.05) is 15.9 Å². The van der Waals surface area contributed by atoms with Crippen molar-refractivity contribution in [3.05, 3.63) is 22.2 Å². The Morgan fingerprint density at radius 3 is 2.69 bits per heavy atom. The van der Waals surface area contributed by atoms with E-state index in [-0.39, 0.29) is 0 Å². The summed E-state index contributed by atoms with van der Waals surface area (Å²) in [6.07, 6.45) is -0.514. The fourth-order valence-electron chi connectivity index (χ4n) is 1.17. The summed E-state index contributed by atoms with van der Waals surface area (Å²) in [7, 11) is 1.57. The first-order valence-corrected chi connectivity index (χ1v) is 6.52. The number of nitrogens with zero attached hydrogens (tertiary/aromatic N) is 1. The van der Waals surface area contributed by atoms with E-state index in [0.717, 1.165) is 15.4 Å². The zero-order chi connectivity index (χ0) is 12.1. The Balaban J connectivity index is 3.12. The van der Waals surface area contributed by atoms with E-state index in [0.29, 0.717) is 11.5 Å². The van der Waals surface area contributed by atoms with Crippen molar-refractivity contribution >= 4 is 31.9 Å². The quantitative estimate of drug-likeness (QED) is 0.780. The molecule has 0 aliphatic heterocycles. The summed E-state index contributed by atoms with van der Waals surface area (Å²) < 4.78 is 11.5. The number of nitriles is 1. The minimum atomic E-state index is -0.514. The maximum absolute atomic E-state index is 8.71. The summed E-state index contributed by atoms with van der Waals surface area (Å²) in [6, 6.07) is 5.81. The number of ether oxygens (including phenoxy) is 2. The second-order valence-electron chi connectivity index (χ2n) is 3.13. The lowest BCUT2D eigenvalue weighted by Gasteiger charge is -2.14. The predicted octanol–water partition coefficient (Wildman–Crippen LogP) is 3.64. The van der Waals surface area contributed by atoms with Crippen molar-refractivity contribution in [3.63, 3.8) is 0 Å². The van der Waals surface area contributed by atoms with Gasteiger partial charge in [0.2, 0.25) is 0 Å². The van der Waals surface area contributed by atoms with Crippen molar-refractivity contribution in [1.82, 2.24) is 0 Å². The van der Waals surface area contributed by atoms with Crippen LogP contribution in [-0.4, -0.2) is 13.2 Å². The third-order valence-electron chi connectivity index (χ3n) is 1.92. The number of benzene rings is 1. The molecule has 0 saturated heterocycles. The fraction of sp³-hybridized carbons (Fsp3) is 0.364. The van der Waals surface area contributed by atoms with Gasteiger partial charge in [-0.15, -0.1) is 0 Å². The molecule has 5 heteroatoms. The van der Waals surface area contributed by atoms with E-state index in [1.807, 2.05) is 18.2 Å². The molecule has 1 unspecified atom stereocenters. The Hall–Kier alpha value is -0.730. The van der Waals surface area contributed by atoms with Crippen LogP contribution in [0.1, 0.15) is 12.5 Å². The molecule has 3 nitrogen and oxygen atoms in total. The lowest BCUT2D eigenvalue weighted by molar-refractivity contribution is 0.258. The molecule has 1 atom stereocenters. The molecule has 0 bridgehead atoms. The minimum absolute atomic E-state index is 0.514. The molecule has 1 aromatic rings. The van der Waals surface area contributed by atoms with Gasteiger partial charge >= 0.3 is 0 Å². The van der Waals surface area contributed by atoms with Crippen LogP contribution in [0.4, 0.5) is 0 Å². The van der Waals surface area contributed by atoms with Gasteiger partial charge in [0.1, 0.15) is 6.07 Å². The highest BCUT2D eigenvalue weighted by atomic mass is 79.9. The summed E-state index contributed by atoms with van der Waals surface area (Å²) in [6.45, 7) is 1.68. The molecule has 0 N–H and O–H groups in total. The van der Waals surface area contributed by atoms with E-state index in [9.17, 15) is 0 Å². The number of hydrogen-bond acceptors (Lipinski definition) is 3. The second-order valence-corrected chi connectivity index (χ2v) is 4.55. The number of alkyl halides is 1. The first kappa shape index (κ1) is 13.3. The molecule has 1 aromatic carbocycles. The van der Waals surface area contributed by atoms with Gasteiger partial charge in [0, 0.05) is 5.33 Å². The Bertz CT molecular complexity index is 415. The molecular weight excluding hydrogens is 338 g/mol. The molecule has 0 saturated carbocycles. The molecule has 1 rings (SSSR count). The standard InChI is InChI=1S/C11H11Br2NO2/c1-7(6-14)16-11-9(13)3-8(5-12)4-10(11)15-2/h3-4,7H,5H2,1-2H3. The molecule has 0 radical (unpaired) electrons. The molecular formula is C11H11Br2NO2. The van der Waals surface area contributed by atoms with Crippen molar-refractivity contribution in [2.75, 3.05) is 7.11 Å². The lowest BCUT2D eigenvalue weighted by Crippen LogP contribution is -2.09. The van der Waals surface area contributed by atoms with Gasteiger partial charge in [-0.2, -0.15) is 5.26 Å². The summed E-state index contributed by atoms with van der Waals surface area (Å²) >= 11 is 6.78. The van der Waals surface area contributed by atoms with E-state index in [1.165, 1.54) is 0 Å². The van der Waals surface area contributed by atoms with Crippen molar-refractivity contribution in [2.45, 2.75) is 18.4 Å². The van der Waals surface area contributed by atoms with E-state index in [4.69, 9.17) is 14.7 Å². The topological polar surface area (TPSA) is 42.2 Å². The minimum Gasteiger partial charge on any atom is -0.493 e. The Kier molecular flexibility index (Phi) is 5.10. The van der Waals surface area contributed by atoms with Crippen molar-refractivity contribution in [3.8, 4) is 17.6 Å². The van der Waals surface area contributed by atoms with Crippen molar-refractivity contribution in [1.29, 1.82) is 5.26 Å². The van der Waals surface area contributed by atoms with Crippen LogP contribution in [0.2, 0.25) is 0 Å². The van der Waals surface area contributed by atoms with Crippen molar-refractivity contribution in [2.24, 2.45) is 0 Å². The largest absolute Gasteiger partial charge is 0.493 e. The van der Waals surface area contributed by atoms with Crippen LogP contribution < -0.4 is 9.47 Å². The van der Waals surface area contributed by atoms with Crippen LogP contribution in [0.25, 0.3) is 0 Å². The second kappa shape index (κ2) is 6.12. The molecule has 0 fully saturated rings. The molecule has 0 spiro atoms. The Morgan fingerprint density at radius 1 is 1.50 bits per heavy atom. The van der Waals surface area contributed by atoms with E-state index in [2.05, 4.69) is 31.9 Å². The third kappa shape index (κ3) is 3.13. The van der Waals surface area contributed by atoms with Gasteiger partial charge in [-0.05, 0) is 40.5 Å². The fourth-order valence-corrected chi connectivity index (χ4v) is 2.07. The van der Waals surface area contributed by atoms with E-state index in [1.54, 1.807) is 14.0 Å². The van der Waals surface area contributed by atoms with Crippen LogP contribution >= 0.6 is 31.9 Å². The normalized spacial score (nSPS) is 11.7. The highest BCUT2D eigenvalue weighted by Gasteiger charge is 2.13. The molecule has 86 valence electrons. The highest BCUT2D eigenvalue weighted by Crippen LogP contribution is 2.37. The van der Waals surface area contributed by atoms with Crippen LogP contribution in [0.5, 0.6) is 11.5 Å². The molecule has 0 aromatic heterocycles. The smallest absolute Gasteiger partial charge is 0.181 e. The summed E-state index contributed by atoms with van der Waals surface area (Å²) in [5.41, 5.74) is 1.07. The van der Waals surface area contributed by atoms with E-state index >= 15 is 0 Å². The maximum atomic E-state index is 8.71. The molecule has 0 aliphatic rings. The summed E-state index contributed by atoms with van der Waals surface area (Å²) in [4.78, 5) is 0. The monoisotopic (exact) mass is 347 g/mol. The van der Waals surface area contributed by atoms with Gasteiger partial charge in [0.15, 0.2) is 17.6 Å². The maximum Gasteiger partial charge on any atom is 0.181 e. The number of halogens is 2. The van der Waals surface area contributed by atoms with Gasteiger partial charge in [0.05, 0.1) is 11.6 Å². The van der Waals surface area contributed by atoms with Gasteiger partial charge < -0.3 is 9.47 Å². The zero-order valence-electron chi connectivity index (χ0n) is 8.96. The van der Waals surface area contributed by atoms with E-state index < -0.39 is 6.10 Å². The predicted molar refractivity (Wildman–Crippen MR) is 69.0 cm³/mol. The zero-order valence-corrected chi connectivity index (χ0v) is 12.1. The molecule has 16 heavy (non-hydrogen) atoms. The van der Waals surface area contributed by atoms with Crippen LogP contribution in [-0.2, 0) is 5.33 Å². The number of methoxy groups -OCH3 is 1. The third-order valence-corrected chi connectivity index (χ3v) is 3.16. The average molecular weight is 349 g/mol. The Morgan fingerprint density at radius 2 is 2.19 bits per heavy atom. The summed E-state index contributed by atoms with van der Waals surface area (Å²) in [5.74, 6) is 1.17. The Labute approximate surface area is 112 Å². The van der Waals surface area contributed by atoms with Crippen LogP contribution in [0, 0.1) is 11.3 Å². The SMILES string of the molecule is COc1cc(CBr)cc(Br)c1OC(C)C#N. The van der Waals surface area contributed by atoms with Crippen molar-refractivity contribution < 1.29 is 9.47 Å². The highest BCUT2D eigenvalue weighted by molar-refractivity contribution is 9.10. The average Bonchev–Trinajstić information content (AvgIpc) is 2.30. The van der Waals surface area contributed by atoms with Gasteiger partial charge in [-0.3, -0.25) is 0 Å². The molecule has 0 amide bonds. The van der Waals surface area contributed by atoms with Gasteiger partial charge in [-0.25, -0.2) is 0 Å². The van der Waals surface area contributed by atoms with Gasteiger partial charge in [0.25, 0.3) is 0 Å². The molecule has 0 aliphatic carbocycles. The number of hydrogen-bond donors (Lipinski definition) is 0. The first-order chi connectivity index (χ1) is 7.62. The van der Waals surface area contributed by atoms with Crippen LogP contribution in [0.15, 0.2) is 16.6 Å². The lowest BCUT2D eigenvalue weighted by atomic mass is 10.2. The number of rotatable bonds is 4.